The van der Waals surface area contributed by atoms with Gasteiger partial charge in [0.05, 0.1) is 23.3 Å². The molecule has 1 unspecified atom stereocenters. The molecule has 4 aromatic rings. The van der Waals surface area contributed by atoms with Crippen molar-refractivity contribution in [3.63, 3.8) is 0 Å². The van der Waals surface area contributed by atoms with E-state index in [1.165, 1.54) is 19.1 Å². The molecule has 3 aliphatic rings. The van der Waals surface area contributed by atoms with E-state index in [1.54, 1.807) is 16.0 Å². The lowest BCUT2D eigenvalue weighted by Crippen LogP contribution is -2.48. The Labute approximate surface area is 245 Å². The predicted molar refractivity (Wildman–Crippen MR) is 153 cm³/mol. The van der Waals surface area contributed by atoms with Gasteiger partial charge in [0.15, 0.2) is 5.78 Å². The fourth-order valence-electron chi connectivity index (χ4n) is 7.10. The maximum absolute atomic E-state index is 15.2. The van der Waals surface area contributed by atoms with Crippen molar-refractivity contribution in [3.8, 4) is 0 Å². The molecule has 0 N–H and O–H groups in total. The number of aromatic nitrogens is 3. The van der Waals surface area contributed by atoms with Crippen LogP contribution < -0.4 is 0 Å². The molecule has 0 radical (unpaired) electrons. The van der Waals surface area contributed by atoms with Gasteiger partial charge in [-0.1, -0.05) is 13.0 Å². The summed E-state index contributed by atoms with van der Waals surface area (Å²) in [4.78, 5) is 34.5. The molecule has 7 nitrogen and oxygen atoms in total. The fraction of sp³-hybridized carbons (Fsp3) is 0.406. The molecule has 2 aliphatic heterocycles. The van der Waals surface area contributed by atoms with Crippen LogP contribution in [0.15, 0.2) is 48.9 Å². The van der Waals surface area contributed by atoms with Gasteiger partial charge in [-0.2, -0.15) is 13.2 Å². The van der Waals surface area contributed by atoms with E-state index in [0.717, 1.165) is 22.3 Å². The van der Waals surface area contributed by atoms with Crippen LogP contribution in [0, 0.1) is 17.7 Å². The number of hydrogen-bond donors (Lipinski definition) is 0. The lowest BCUT2D eigenvalue weighted by Gasteiger charge is -2.37. The van der Waals surface area contributed by atoms with E-state index < -0.39 is 23.8 Å². The van der Waals surface area contributed by atoms with Crippen LogP contribution in [0.4, 0.5) is 22.4 Å². The van der Waals surface area contributed by atoms with Crippen LogP contribution in [0.5, 0.6) is 0 Å². The fourth-order valence-corrected chi connectivity index (χ4v) is 7.10. The molecule has 1 aromatic carbocycles. The molecule has 1 aliphatic carbocycles. The van der Waals surface area contributed by atoms with Crippen LogP contribution in [0.25, 0.3) is 27.7 Å². The Morgan fingerprint density at radius 3 is 2.60 bits per heavy atom. The van der Waals surface area contributed by atoms with Crippen molar-refractivity contribution in [1.29, 1.82) is 0 Å². The maximum Gasteiger partial charge on any atom is 0.391 e. The number of nitrogens with zero attached hydrogens (tertiary/aromatic N) is 5. The third kappa shape index (κ3) is 4.69. The van der Waals surface area contributed by atoms with E-state index in [-0.39, 0.29) is 31.4 Å². The number of likely N-dealkylation sites (tertiary alicyclic amines) is 1. The molecular formula is C32H31F4N5O2. The second kappa shape index (κ2) is 10.2. The topological polar surface area (TPSA) is 62.9 Å². The van der Waals surface area contributed by atoms with Crippen molar-refractivity contribution in [2.45, 2.75) is 51.9 Å². The number of ketones is 1. The number of urea groups is 1. The second-order valence-electron chi connectivity index (χ2n) is 11.9. The highest BCUT2D eigenvalue weighted by atomic mass is 19.4. The summed E-state index contributed by atoms with van der Waals surface area (Å²) >= 11 is 0. The molecule has 0 spiro atoms. The van der Waals surface area contributed by atoms with E-state index in [4.69, 9.17) is 0 Å². The summed E-state index contributed by atoms with van der Waals surface area (Å²) in [5.74, 6) is -2.31. The Bertz CT molecular complexity index is 1790. The molecule has 3 aromatic heterocycles. The van der Waals surface area contributed by atoms with Crippen molar-refractivity contribution < 1.29 is 27.2 Å². The van der Waals surface area contributed by atoms with Crippen molar-refractivity contribution in [2.75, 3.05) is 19.6 Å². The van der Waals surface area contributed by atoms with Crippen molar-refractivity contribution in [3.05, 3.63) is 71.6 Å². The summed E-state index contributed by atoms with van der Waals surface area (Å²) in [5, 5.41) is 0.697. The number of benzene rings is 1. The van der Waals surface area contributed by atoms with Gasteiger partial charge in [-0.05, 0) is 60.6 Å². The van der Waals surface area contributed by atoms with Gasteiger partial charge in [0.1, 0.15) is 11.5 Å². The zero-order chi connectivity index (χ0) is 30.0. The minimum atomic E-state index is -4.24. The molecular weight excluding hydrogens is 562 g/mol. The zero-order valence-electron chi connectivity index (χ0n) is 23.7. The van der Waals surface area contributed by atoms with Gasteiger partial charge in [-0.3, -0.25) is 9.20 Å². The quantitative estimate of drug-likeness (QED) is 0.253. The van der Waals surface area contributed by atoms with E-state index in [9.17, 15) is 22.8 Å². The van der Waals surface area contributed by atoms with Crippen LogP contribution in [-0.2, 0) is 17.9 Å². The zero-order valence-corrected chi connectivity index (χ0v) is 23.7. The molecule has 43 heavy (non-hydrogen) atoms. The summed E-state index contributed by atoms with van der Waals surface area (Å²) in [5.41, 5.74) is 5.20. The Kier molecular flexibility index (Phi) is 6.59. The molecule has 1 fully saturated rings. The van der Waals surface area contributed by atoms with E-state index in [0.29, 0.717) is 61.0 Å². The van der Waals surface area contributed by atoms with Crippen LogP contribution in [0.2, 0.25) is 0 Å². The number of rotatable bonds is 3. The van der Waals surface area contributed by atoms with Gasteiger partial charge >= 0.3 is 12.2 Å². The van der Waals surface area contributed by atoms with Crippen molar-refractivity contribution >= 4 is 39.5 Å². The highest BCUT2D eigenvalue weighted by Crippen LogP contribution is 2.43. The summed E-state index contributed by atoms with van der Waals surface area (Å²) in [6.07, 6.45) is 2.80. The number of carbonyl (C=O) groups excluding carboxylic acids is 2. The Hall–Kier alpha value is -4.15. The van der Waals surface area contributed by atoms with Gasteiger partial charge in [0.2, 0.25) is 0 Å². The Morgan fingerprint density at radius 2 is 1.84 bits per heavy atom. The first-order valence-corrected chi connectivity index (χ1v) is 14.7. The molecule has 1 atom stereocenters. The number of hydrogen-bond acceptors (Lipinski definition) is 3. The average Bonchev–Trinajstić information content (AvgIpc) is 3.64. The van der Waals surface area contributed by atoms with E-state index >= 15 is 4.39 Å². The first-order valence-electron chi connectivity index (χ1n) is 14.7. The molecule has 2 amide bonds. The largest absolute Gasteiger partial charge is 0.391 e. The summed E-state index contributed by atoms with van der Waals surface area (Å²) < 4.78 is 58.7. The first kappa shape index (κ1) is 27.7. The number of amides is 2. The standard InChI is InChI=1S/C32H31F4N5O2/c1-19(32(34,35)36)20-7-10-38(11-8-20)31(43)40-13-12-39-18-25(24-15-22(33)14-21(17-40)30(24)39)23-5-6-27(42)29(23)26-16-37-28-4-2-3-9-41(26)28/h2-4,9,14-16,18-20H,5-8,10-13,17H2,1H3. The van der Waals surface area contributed by atoms with Crippen molar-refractivity contribution in [2.24, 2.45) is 11.8 Å². The number of allylic oxidation sites excluding steroid dienone is 2. The van der Waals surface area contributed by atoms with Gasteiger partial charge in [-0.15, -0.1) is 0 Å². The maximum atomic E-state index is 15.2. The van der Waals surface area contributed by atoms with Crippen LogP contribution >= 0.6 is 0 Å². The summed E-state index contributed by atoms with van der Waals surface area (Å²) in [6, 6.07) is 8.36. The Balaban J connectivity index is 1.20. The number of alkyl halides is 3. The van der Waals surface area contributed by atoms with E-state index in [2.05, 4.69) is 4.98 Å². The minimum absolute atomic E-state index is 0.0236. The highest BCUT2D eigenvalue weighted by Gasteiger charge is 2.42. The number of halogens is 4. The summed E-state index contributed by atoms with van der Waals surface area (Å²) in [7, 11) is 0. The average molecular weight is 594 g/mol. The predicted octanol–water partition coefficient (Wildman–Crippen LogP) is 6.55. The highest BCUT2D eigenvalue weighted by molar-refractivity contribution is 6.31. The minimum Gasteiger partial charge on any atom is -0.345 e. The Morgan fingerprint density at radius 1 is 1.05 bits per heavy atom. The van der Waals surface area contributed by atoms with Gasteiger partial charge in [-0.25, -0.2) is 14.2 Å². The van der Waals surface area contributed by atoms with E-state index in [1.807, 2.05) is 39.6 Å². The van der Waals surface area contributed by atoms with Gasteiger partial charge in [0, 0.05) is 68.1 Å². The number of piperidine rings is 1. The smallest absolute Gasteiger partial charge is 0.345 e. The number of pyridine rings is 1. The monoisotopic (exact) mass is 593 g/mol. The SMILES string of the molecule is CC(C1CCN(C(=O)N2CCn3cc(C4=C(c5cnc6ccccn56)C(=O)CC4)c4cc(F)cc(c43)C2)CC1)C(F)(F)F. The van der Waals surface area contributed by atoms with Gasteiger partial charge in [0.25, 0.3) is 0 Å². The normalized spacial score (nSPS) is 19.1. The first-order chi connectivity index (χ1) is 20.6. The van der Waals surface area contributed by atoms with Gasteiger partial charge < -0.3 is 14.4 Å². The number of Topliss-reactive ketones (excluding diaryl/α,β-unsaturated/α-hetero) is 1. The molecule has 1 saturated heterocycles. The molecule has 224 valence electrons. The van der Waals surface area contributed by atoms with Crippen LogP contribution in [0.1, 0.15) is 49.4 Å². The third-order valence-electron chi connectivity index (χ3n) is 9.47. The molecule has 5 heterocycles. The lowest BCUT2D eigenvalue weighted by atomic mass is 9.85. The molecule has 11 heteroatoms. The second-order valence-corrected chi connectivity index (χ2v) is 11.9. The molecule has 0 saturated carbocycles. The number of imidazole rings is 1. The summed E-state index contributed by atoms with van der Waals surface area (Å²) in [6.45, 7) is 2.78. The number of carbonyl (C=O) groups is 2. The van der Waals surface area contributed by atoms with Crippen molar-refractivity contribution in [1.82, 2.24) is 23.8 Å². The molecule has 7 rings (SSSR count). The lowest BCUT2D eigenvalue weighted by molar-refractivity contribution is -0.186. The third-order valence-corrected chi connectivity index (χ3v) is 9.47. The molecule has 0 bridgehead atoms. The number of fused-ring (bicyclic) bond motifs is 1. The van der Waals surface area contributed by atoms with Crippen LogP contribution in [0.3, 0.4) is 0 Å². The van der Waals surface area contributed by atoms with Crippen LogP contribution in [-0.4, -0.2) is 61.4 Å².